The average Bonchev–Trinajstić information content (AvgIpc) is 3.22. The maximum atomic E-state index is 12.4. The number of piperidine rings is 1. The van der Waals surface area contributed by atoms with Crippen molar-refractivity contribution in [1.82, 2.24) is 25.0 Å². The van der Waals surface area contributed by atoms with Gasteiger partial charge in [0.05, 0.1) is 6.20 Å². The van der Waals surface area contributed by atoms with Crippen LogP contribution in [0, 0.1) is 5.92 Å². The maximum Gasteiger partial charge on any atom is 0.410 e. The fourth-order valence-corrected chi connectivity index (χ4v) is 3.31. The van der Waals surface area contributed by atoms with Crippen LogP contribution in [0.15, 0.2) is 53.4 Å². The average molecular weight is 379 g/mol. The second kappa shape index (κ2) is 8.60. The third-order valence-electron chi connectivity index (χ3n) is 4.71. The first kappa shape index (κ1) is 18.1. The molecule has 0 spiro atoms. The molecule has 144 valence electrons. The molecular formula is C20H21N5O3. The van der Waals surface area contributed by atoms with Gasteiger partial charge < -0.3 is 14.2 Å². The quantitative estimate of drug-likeness (QED) is 0.672. The molecule has 0 saturated carbocycles. The third kappa shape index (κ3) is 4.51. The topological polar surface area (TPSA) is 94.2 Å². The largest absolute Gasteiger partial charge is 0.445 e. The van der Waals surface area contributed by atoms with Crippen molar-refractivity contribution < 1.29 is 14.1 Å². The third-order valence-corrected chi connectivity index (χ3v) is 4.71. The minimum atomic E-state index is -0.278. The first-order valence-electron chi connectivity index (χ1n) is 9.32. The van der Waals surface area contributed by atoms with Crippen molar-refractivity contribution in [2.24, 2.45) is 5.92 Å². The van der Waals surface area contributed by atoms with Crippen molar-refractivity contribution in [2.45, 2.75) is 25.9 Å². The number of nitrogens with zero attached hydrogens (tertiary/aromatic N) is 5. The molecule has 8 heteroatoms. The predicted molar refractivity (Wildman–Crippen MR) is 100.0 cm³/mol. The molecule has 0 aliphatic carbocycles. The van der Waals surface area contributed by atoms with Crippen molar-refractivity contribution in [1.29, 1.82) is 0 Å². The van der Waals surface area contributed by atoms with Crippen molar-refractivity contribution in [2.75, 3.05) is 13.1 Å². The number of hydrogen-bond acceptors (Lipinski definition) is 7. The molecule has 1 aromatic carbocycles. The molecule has 3 aromatic rings. The lowest BCUT2D eigenvalue weighted by Gasteiger charge is -2.31. The fraction of sp³-hybridized carbons (Fsp3) is 0.350. The lowest BCUT2D eigenvalue weighted by atomic mass is 9.95. The Labute approximate surface area is 162 Å². The smallest absolute Gasteiger partial charge is 0.410 e. The molecule has 4 rings (SSSR count). The number of benzene rings is 1. The molecule has 1 atom stereocenters. The highest BCUT2D eigenvalue weighted by molar-refractivity contribution is 5.67. The number of carbonyl (C=O) groups is 1. The Morgan fingerprint density at radius 1 is 1.25 bits per heavy atom. The summed E-state index contributed by atoms with van der Waals surface area (Å²) in [4.78, 5) is 26.7. The van der Waals surface area contributed by atoms with E-state index in [2.05, 4.69) is 20.1 Å². The number of amides is 1. The van der Waals surface area contributed by atoms with E-state index in [1.807, 2.05) is 30.3 Å². The maximum absolute atomic E-state index is 12.4. The van der Waals surface area contributed by atoms with Crippen LogP contribution in [0.2, 0.25) is 0 Å². The van der Waals surface area contributed by atoms with Crippen LogP contribution in [-0.4, -0.2) is 44.2 Å². The molecular weight excluding hydrogens is 358 g/mol. The molecule has 1 amide bonds. The number of ether oxygens (including phenoxy) is 1. The van der Waals surface area contributed by atoms with Gasteiger partial charge in [0.15, 0.2) is 0 Å². The second-order valence-electron chi connectivity index (χ2n) is 6.80. The molecule has 1 aliphatic heterocycles. The molecule has 1 fully saturated rings. The molecule has 0 N–H and O–H groups in total. The van der Waals surface area contributed by atoms with E-state index in [1.165, 1.54) is 0 Å². The van der Waals surface area contributed by atoms with Crippen molar-refractivity contribution in [3.8, 4) is 11.5 Å². The standard InChI is InChI=1S/C20H21N5O3/c26-20(27-14-15-5-2-1-3-6-15)25-10-4-7-16(13-25)11-18-23-19(24-28-18)17-12-21-8-9-22-17/h1-3,5-6,8-9,12,16H,4,7,10-11,13-14H2/t16-/m0/s1. The second-order valence-corrected chi connectivity index (χ2v) is 6.80. The zero-order valence-corrected chi connectivity index (χ0v) is 15.4. The summed E-state index contributed by atoms with van der Waals surface area (Å²) in [6, 6.07) is 9.68. The Bertz CT molecular complexity index is 900. The van der Waals surface area contributed by atoms with Crippen LogP contribution >= 0.6 is 0 Å². The Kier molecular flexibility index (Phi) is 5.56. The van der Waals surface area contributed by atoms with E-state index in [0.717, 1.165) is 18.4 Å². The summed E-state index contributed by atoms with van der Waals surface area (Å²) in [7, 11) is 0. The highest BCUT2D eigenvalue weighted by atomic mass is 16.6. The molecule has 3 heterocycles. The monoisotopic (exact) mass is 379 g/mol. The molecule has 2 aromatic heterocycles. The zero-order valence-electron chi connectivity index (χ0n) is 15.4. The predicted octanol–water partition coefficient (Wildman–Crippen LogP) is 3.12. The van der Waals surface area contributed by atoms with Crippen molar-refractivity contribution in [3.63, 3.8) is 0 Å². The van der Waals surface area contributed by atoms with E-state index in [9.17, 15) is 4.79 Å². The van der Waals surface area contributed by atoms with Gasteiger partial charge in [0.1, 0.15) is 12.3 Å². The lowest BCUT2D eigenvalue weighted by molar-refractivity contribution is 0.0780. The molecule has 0 bridgehead atoms. The number of likely N-dealkylation sites (tertiary alicyclic amines) is 1. The van der Waals surface area contributed by atoms with Crippen LogP contribution in [0.4, 0.5) is 4.79 Å². The summed E-state index contributed by atoms with van der Waals surface area (Å²) in [5.74, 6) is 1.23. The summed E-state index contributed by atoms with van der Waals surface area (Å²) >= 11 is 0. The normalized spacial score (nSPS) is 16.7. The Balaban J connectivity index is 1.31. The fourth-order valence-electron chi connectivity index (χ4n) is 3.31. The zero-order chi connectivity index (χ0) is 19.2. The van der Waals surface area contributed by atoms with Gasteiger partial charge in [-0.25, -0.2) is 9.78 Å². The molecule has 1 aliphatic rings. The summed E-state index contributed by atoms with van der Waals surface area (Å²) in [5, 5.41) is 3.98. The molecule has 8 nitrogen and oxygen atoms in total. The lowest BCUT2D eigenvalue weighted by Crippen LogP contribution is -2.40. The summed E-state index contributed by atoms with van der Waals surface area (Å²) in [6.45, 7) is 1.61. The number of carbonyl (C=O) groups excluding carboxylic acids is 1. The van der Waals surface area contributed by atoms with Gasteiger partial charge in [-0.15, -0.1) is 0 Å². The van der Waals surface area contributed by atoms with Crippen LogP contribution in [0.5, 0.6) is 0 Å². The van der Waals surface area contributed by atoms with Gasteiger partial charge in [0, 0.05) is 31.9 Å². The molecule has 1 saturated heterocycles. The van der Waals surface area contributed by atoms with E-state index in [-0.39, 0.29) is 18.6 Å². The first-order valence-corrected chi connectivity index (χ1v) is 9.32. The van der Waals surface area contributed by atoms with Gasteiger partial charge in [-0.2, -0.15) is 4.98 Å². The van der Waals surface area contributed by atoms with Crippen LogP contribution in [0.3, 0.4) is 0 Å². The summed E-state index contributed by atoms with van der Waals surface area (Å²) in [5.41, 5.74) is 1.55. The Hall–Kier alpha value is -3.29. The molecule has 0 radical (unpaired) electrons. The Morgan fingerprint density at radius 3 is 2.96 bits per heavy atom. The number of hydrogen-bond donors (Lipinski definition) is 0. The SMILES string of the molecule is O=C(OCc1ccccc1)N1CCC[C@@H](Cc2nc(-c3cnccn3)no2)C1. The Morgan fingerprint density at radius 2 is 2.14 bits per heavy atom. The highest BCUT2D eigenvalue weighted by Crippen LogP contribution is 2.22. The van der Waals surface area contributed by atoms with E-state index in [4.69, 9.17) is 9.26 Å². The van der Waals surface area contributed by atoms with Crippen LogP contribution in [-0.2, 0) is 17.8 Å². The van der Waals surface area contributed by atoms with E-state index in [1.54, 1.807) is 23.5 Å². The van der Waals surface area contributed by atoms with Crippen molar-refractivity contribution >= 4 is 6.09 Å². The van der Waals surface area contributed by atoms with Gasteiger partial charge in [0.25, 0.3) is 0 Å². The molecule has 28 heavy (non-hydrogen) atoms. The van der Waals surface area contributed by atoms with Gasteiger partial charge in [-0.1, -0.05) is 35.5 Å². The minimum Gasteiger partial charge on any atom is -0.445 e. The van der Waals surface area contributed by atoms with Crippen LogP contribution < -0.4 is 0 Å². The molecule has 0 unspecified atom stereocenters. The summed E-state index contributed by atoms with van der Waals surface area (Å²) < 4.78 is 10.8. The van der Waals surface area contributed by atoms with E-state index < -0.39 is 0 Å². The highest BCUT2D eigenvalue weighted by Gasteiger charge is 2.26. The van der Waals surface area contributed by atoms with Gasteiger partial charge in [0.2, 0.25) is 11.7 Å². The van der Waals surface area contributed by atoms with Gasteiger partial charge in [-0.3, -0.25) is 4.98 Å². The minimum absolute atomic E-state index is 0.258. The van der Waals surface area contributed by atoms with Gasteiger partial charge >= 0.3 is 6.09 Å². The summed E-state index contributed by atoms with van der Waals surface area (Å²) in [6.07, 6.45) is 7.06. The van der Waals surface area contributed by atoms with E-state index >= 15 is 0 Å². The van der Waals surface area contributed by atoms with Crippen LogP contribution in [0.1, 0.15) is 24.3 Å². The van der Waals surface area contributed by atoms with Crippen molar-refractivity contribution in [3.05, 3.63) is 60.4 Å². The van der Waals surface area contributed by atoms with Crippen LogP contribution in [0.25, 0.3) is 11.5 Å². The first-order chi connectivity index (χ1) is 13.8. The van der Waals surface area contributed by atoms with E-state index in [0.29, 0.717) is 36.9 Å². The number of aromatic nitrogens is 4. The van der Waals surface area contributed by atoms with Gasteiger partial charge in [-0.05, 0) is 24.3 Å². The number of rotatable bonds is 5.